The molecule has 3 aromatic rings. The number of thioether (sulfide) groups is 1. The van der Waals surface area contributed by atoms with Crippen molar-refractivity contribution in [3.8, 4) is 0 Å². The largest absolute Gasteiger partial charge is 0.469 e. The number of aromatic amines is 1. The van der Waals surface area contributed by atoms with Gasteiger partial charge in [-0.25, -0.2) is 9.99 Å². The molecule has 10 heteroatoms. The summed E-state index contributed by atoms with van der Waals surface area (Å²) >= 11 is 1.07. The van der Waals surface area contributed by atoms with Gasteiger partial charge in [0.2, 0.25) is 0 Å². The molecule has 170 valence electrons. The number of aromatic nitrogens is 2. The Hall–Kier alpha value is -3.66. The number of hydrogen-bond acceptors (Lipinski definition) is 8. The standard InChI is InChI=1S/C23H22N4O5S/c1-14-5-7-15(8-6-14)17-12-18(19-4-3-9-32-19)27(26-17)21(29)13-33-23-24-16(10-20(28)25-23)11-22(30)31-2/h3-10,18H,11-13H2,1-2H3,(H,24,25,28)/t18-/m0/s1. The summed E-state index contributed by atoms with van der Waals surface area (Å²) in [4.78, 5) is 43.4. The zero-order chi connectivity index (χ0) is 23.4. The van der Waals surface area contributed by atoms with Crippen molar-refractivity contribution in [2.75, 3.05) is 12.9 Å². The summed E-state index contributed by atoms with van der Waals surface area (Å²) in [6, 6.07) is 12.4. The molecular weight excluding hydrogens is 444 g/mol. The quantitative estimate of drug-likeness (QED) is 0.323. The molecule has 0 unspecified atom stereocenters. The van der Waals surface area contributed by atoms with Gasteiger partial charge in [-0.15, -0.1) is 0 Å². The zero-order valence-corrected chi connectivity index (χ0v) is 18.9. The summed E-state index contributed by atoms with van der Waals surface area (Å²) in [6.07, 6.45) is 1.97. The van der Waals surface area contributed by atoms with Gasteiger partial charge in [-0.1, -0.05) is 41.6 Å². The van der Waals surface area contributed by atoms with Gasteiger partial charge in [-0.2, -0.15) is 5.10 Å². The van der Waals surface area contributed by atoms with Gasteiger partial charge in [0, 0.05) is 12.5 Å². The first kappa shape index (κ1) is 22.5. The summed E-state index contributed by atoms with van der Waals surface area (Å²) in [7, 11) is 1.26. The molecule has 4 rings (SSSR count). The van der Waals surface area contributed by atoms with E-state index in [-0.39, 0.29) is 35.0 Å². The van der Waals surface area contributed by atoms with Crippen molar-refractivity contribution < 1.29 is 18.7 Å². The molecule has 33 heavy (non-hydrogen) atoms. The third kappa shape index (κ3) is 5.40. The highest BCUT2D eigenvalue weighted by atomic mass is 32.2. The minimum absolute atomic E-state index is 0.00744. The number of carbonyl (C=O) groups is 2. The van der Waals surface area contributed by atoms with Crippen LogP contribution in [0.4, 0.5) is 0 Å². The Bertz CT molecular complexity index is 1230. The molecule has 0 fully saturated rings. The lowest BCUT2D eigenvalue weighted by atomic mass is 10.0. The predicted molar refractivity (Wildman–Crippen MR) is 122 cm³/mol. The number of carbonyl (C=O) groups excluding carboxylic acids is 2. The number of nitrogens with one attached hydrogen (secondary N) is 1. The summed E-state index contributed by atoms with van der Waals surface area (Å²) in [5.74, 6) is -0.126. The highest BCUT2D eigenvalue weighted by molar-refractivity contribution is 7.99. The van der Waals surface area contributed by atoms with Gasteiger partial charge in [-0.05, 0) is 24.6 Å². The van der Waals surface area contributed by atoms with Gasteiger partial charge in [0.15, 0.2) is 5.16 Å². The number of H-pyrrole nitrogens is 1. The average Bonchev–Trinajstić information content (AvgIpc) is 3.47. The first-order valence-corrected chi connectivity index (χ1v) is 11.2. The Morgan fingerprint density at radius 2 is 2.06 bits per heavy atom. The fourth-order valence-electron chi connectivity index (χ4n) is 3.42. The number of hydrazone groups is 1. The van der Waals surface area contributed by atoms with Gasteiger partial charge in [0.25, 0.3) is 11.5 Å². The molecular formula is C23H22N4O5S. The smallest absolute Gasteiger partial charge is 0.311 e. The number of hydrogen-bond donors (Lipinski definition) is 1. The highest BCUT2D eigenvalue weighted by Crippen LogP contribution is 2.33. The fourth-order valence-corrected chi connectivity index (χ4v) is 4.17. The molecule has 0 saturated heterocycles. The number of aryl methyl sites for hydroxylation is 1. The van der Waals surface area contributed by atoms with E-state index in [1.165, 1.54) is 18.2 Å². The van der Waals surface area contributed by atoms with E-state index >= 15 is 0 Å². The van der Waals surface area contributed by atoms with E-state index in [0.717, 1.165) is 28.6 Å². The van der Waals surface area contributed by atoms with Gasteiger partial charge in [0.1, 0.15) is 11.8 Å². The summed E-state index contributed by atoms with van der Waals surface area (Å²) in [6.45, 7) is 2.01. The number of benzene rings is 1. The Kier molecular flexibility index (Phi) is 6.74. The first-order chi connectivity index (χ1) is 15.9. The summed E-state index contributed by atoms with van der Waals surface area (Å²) in [5, 5.41) is 6.27. The van der Waals surface area contributed by atoms with Crippen LogP contribution in [0.5, 0.6) is 0 Å². The number of methoxy groups -OCH3 is 1. The van der Waals surface area contributed by atoms with Gasteiger partial charge in [-0.3, -0.25) is 14.4 Å². The molecule has 9 nitrogen and oxygen atoms in total. The molecule has 0 radical (unpaired) electrons. The lowest BCUT2D eigenvalue weighted by Crippen LogP contribution is -2.28. The van der Waals surface area contributed by atoms with Crippen LogP contribution >= 0.6 is 11.8 Å². The molecule has 0 aliphatic carbocycles. The minimum atomic E-state index is -0.503. The number of amides is 1. The van der Waals surface area contributed by atoms with Gasteiger partial charge < -0.3 is 14.1 Å². The van der Waals surface area contributed by atoms with Crippen LogP contribution in [0.15, 0.2) is 68.2 Å². The number of nitrogens with zero attached hydrogens (tertiary/aromatic N) is 3. The second kappa shape index (κ2) is 9.86. The Morgan fingerprint density at radius 3 is 2.76 bits per heavy atom. The molecule has 1 aromatic carbocycles. The van der Waals surface area contributed by atoms with Crippen LogP contribution in [0.25, 0.3) is 0 Å². The second-order valence-corrected chi connectivity index (χ2v) is 8.43. The average molecular weight is 467 g/mol. The fraction of sp³-hybridized carbons (Fsp3) is 0.261. The van der Waals surface area contributed by atoms with Gasteiger partial charge in [0.05, 0.1) is 37.0 Å². The molecule has 1 amide bonds. The molecule has 0 spiro atoms. The SMILES string of the molecule is COC(=O)Cc1cc(=O)[nH]c(SCC(=O)N2N=C(c3ccc(C)cc3)C[C@H]2c2ccco2)n1. The highest BCUT2D eigenvalue weighted by Gasteiger charge is 2.34. The molecule has 1 aliphatic rings. The lowest BCUT2D eigenvalue weighted by Gasteiger charge is -2.19. The van der Waals surface area contributed by atoms with Crippen LogP contribution in [0.2, 0.25) is 0 Å². The Balaban J connectivity index is 1.52. The Morgan fingerprint density at radius 1 is 1.27 bits per heavy atom. The third-order valence-corrected chi connectivity index (χ3v) is 5.94. The van der Waals surface area contributed by atoms with Crippen molar-refractivity contribution in [3.63, 3.8) is 0 Å². The van der Waals surface area contributed by atoms with E-state index in [0.29, 0.717) is 12.2 Å². The van der Waals surface area contributed by atoms with Crippen LogP contribution in [-0.4, -0.2) is 45.4 Å². The maximum Gasteiger partial charge on any atom is 0.311 e. The van der Waals surface area contributed by atoms with Crippen LogP contribution in [0, 0.1) is 6.92 Å². The monoisotopic (exact) mass is 466 g/mol. The number of esters is 1. The van der Waals surface area contributed by atoms with E-state index in [1.807, 2.05) is 37.3 Å². The normalized spacial score (nSPS) is 15.4. The molecule has 1 aliphatic heterocycles. The van der Waals surface area contributed by atoms with Crippen LogP contribution in [0.1, 0.15) is 35.0 Å². The van der Waals surface area contributed by atoms with E-state index in [9.17, 15) is 14.4 Å². The number of furan rings is 1. The second-order valence-electron chi connectivity index (χ2n) is 7.47. The molecule has 0 saturated carbocycles. The van der Waals surface area contributed by atoms with Gasteiger partial charge >= 0.3 is 5.97 Å². The topological polar surface area (TPSA) is 118 Å². The summed E-state index contributed by atoms with van der Waals surface area (Å²) < 4.78 is 10.2. The molecule has 3 heterocycles. The van der Waals surface area contributed by atoms with Crippen molar-refractivity contribution in [2.45, 2.75) is 31.0 Å². The first-order valence-electron chi connectivity index (χ1n) is 10.2. The minimum Gasteiger partial charge on any atom is -0.469 e. The van der Waals surface area contributed by atoms with E-state index < -0.39 is 11.5 Å². The van der Waals surface area contributed by atoms with E-state index in [1.54, 1.807) is 12.3 Å². The molecule has 0 bridgehead atoms. The van der Waals surface area contributed by atoms with Crippen LogP contribution in [-0.2, 0) is 20.7 Å². The molecule has 1 atom stereocenters. The van der Waals surface area contributed by atoms with E-state index in [4.69, 9.17) is 4.42 Å². The summed E-state index contributed by atoms with van der Waals surface area (Å²) in [5.41, 5.74) is 2.74. The van der Waals surface area contributed by atoms with Crippen molar-refractivity contribution >= 4 is 29.4 Å². The van der Waals surface area contributed by atoms with Crippen molar-refractivity contribution in [3.05, 3.63) is 81.7 Å². The van der Waals surface area contributed by atoms with Crippen LogP contribution in [0.3, 0.4) is 0 Å². The number of rotatable bonds is 7. The lowest BCUT2D eigenvalue weighted by molar-refractivity contribution is -0.139. The van der Waals surface area contributed by atoms with Crippen molar-refractivity contribution in [1.29, 1.82) is 0 Å². The third-order valence-electron chi connectivity index (χ3n) is 5.08. The zero-order valence-electron chi connectivity index (χ0n) is 18.1. The predicted octanol–water partition coefficient (Wildman–Crippen LogP) is 2.86. The molecule has 1 N–H and O–H groups in total. The maximum atomic E-state index is 13.1. The Labute approximate surface area is 193 Å². The molecule has 2 aromatic heterocycles. The number of ether oxygens (including phenoxy) is 1. The van der Waals surface area contributed by atoms with E-state index in [2.05, 4.69) is 19.8 Å². The van der Waals surface area contributed by atoms with Crippen molar-refractivity contribution in [1.82, 2.24) is 15.0 Å². The van der Waals surface area contributed by atoms with Crippen LogP contribution < -0.4 is 5.56 Å². The van der Waals surface area contributed by atoms with Crippen molar-refractivity contribution in [2.24, 2.45) is 5.10 Å². The maximum absolute atomic E-state index is 13.1.